The molecule has 1 unspecified atom stereocenters. The smallest absolute Gasteiger partial charge is 0.355 e. The first kappa shape index (κ1) is 16.7. The van der Waals surface area contributed by atoms with Gasteiger partial charge in [0.15, 0.2) is 0 Å². The molecule has 1 atom stereocenters. The van der Waals surface area contributed by atoms with Crippen LogP contribution in [0, 0.1) is 0 Å². The van der Waals surface area contributed by atoms with Crippen LogP contribution in [0.4, 0.5) is 4.79 Å². The summed E-state index contributed by atoms with van der Waals surface area (Å²) in [5, 5.41) is 2.89. The van der Waals surface area contributed by atoms with Gasteiger partial charge in [-0.3, -0.25) is 4.90 Å². The molecule has 0 aliphatic carbocycles. The van der Waals surface area contributed by atoms with Gasteiger partial charge in [0.2, 0.25) is 0 Å². The molecule has 7 nitrogen and oxygen atoms in total. The van der Waals surface area contributed by atoms with Gasteiger partial charge in [0.25, 0.3) is 0 Å². The molecule has 0 radical (unpaired) electrons. The number of carbonyl (C=O) groups excluding carboxylic acids is 2. The number of nitrogens with zero attached hydrogens (tertiary/aromatic N) is 2. The van der Waals surface area contributed by atoms with Crippen molar-refractivity contribution in [3.8, 4) is 0 Å². The van der Waals surface area contributed by atoms with Gasteiger partial charge in [-0.1, -0.05) is 30.3 Å². The van der Waals surface area contributed by atoms with Gasteiger partial charge in [0, 0.05) is 38.9 Å². The summed E-state index contributed by atoms with van der Waals surface area (Å²) in [5.41, 5.74) is 2.47. The van der Waals surface area contributed by atoms with Gasteiger partial charge in [-0.15, -0.1) is 0 Å². The van der Waals surface area contributed by atoms with Crippen molar-refractivity contribution < 1.29 is 14.3 Å². The second kappa shape index (κ2) is 7.21. The SMILES string of the molecule is O=C(OCc1ccccc1)c1cc(CN2CCN3C(=O)NCC3C2)c[nH]1. The zero-order valence-corrected chi connectivity index (χ0v) is 14.5. The molecule has 2 saturated heterocycles. The van der Waals surface area contributed by atoms with Gasteiger partial charge in [-0.2, -0.15) is 0 Å². The Hall–Kier alpha value is -2.80. The van der Waals surface area contributed by atoms with Gasteiger partial charge in [0.1, 0.15) is 12.3 Å². The number of piperazine rings is 1. The molecule has 1 aromatic carbocycles. The minimum atomic E-state index is -0.351. The van der Waals surface area contributed by atoms with Crippen molar-refractivity contribution >= 4 is 12.0 Å². The summed E-state index contributed by atoms with van der Waals surface area (Å²) >= 11 is 0. The Morgan fingerprint density at radius 1 is 1.19 bits per heavy atom. The fourth-order valence-electron chi connectivity index (χ4n) is 3.52. The molecule has 26 heavy (non-hydrogen) atoms. The average molecular weight is 354 g/mol. The number of carbonyl (C=O) groups is 2. The number of esters is 1. The van der Waals surface area contributed by atoms with E-state index in [1.807, 2.05) is 47.5 Å². The summed E-state index contributed by atoms with van der Waals surface area (Å²) in [5.74, 6) is -0.351. The lowest BCUT2D eigenvalue weighted by molar-refractivity contribution is 0.0466. The molecule has 2 aliphatic rings. The first-order chi connectivity index (χ1) is 12.7. The Morgan fingerprint density at radius 2 is 2.04 bits per heavy atom. The lowest BCUT2D eigenvalue weighted by Crippen LogP contribution is -2.51. The summed E-state index contributed by atoms with van der Waals surface area (Å²) in [6.45, 7) is 4.15. The van der Waals surface area contributed by atoms with Gasteiger partial charge in [-0.25, -0.2) is 9.59 Å². The lowest BCUT2D eigenvalue weighted by atomic mass is 10.2. The molecule has 2 fully saturated rings. The lowest BCUT2D eigenvalue weighted by Gasteiger charge is -2.36. The van der Waals surface area contributed by atoms with E-state index in [1.54, 1.807) is 0 Å². The van der Waals surface area contributed by atoms with Crippen molar-refractivity contribution in [3.63, 3.8) is 0 Å². The molecule has 2 aliphatic heterocycles. The van der Waals surface area contributed by atoms with Crippen molar-refractivity contribution in [2.75, 3.05) is 26.2 Å². The first-order valence-electron chi connectivity index (χ1n) is 8.84. The molecule has 2 amide bonds. The Bertz CT molecular complexity index is 789. The van der Waals surface area contributed by atoms with Crippen LogP contribution in [0.15, 0.2) is 42.6 Å². The van der Waals surface area contributed by atoms with E-state index in [0.29, 0.717) is 12.2 Å². The van der Waals surface area contributed by atoms with Crippen LogP contribution in [0.25, 0.3) is 0 Å². The Morgan fingerprint density at radius 3 is 2.88 bits per heavy atom. The van der Waals surface area contributed by atoms with E-state index in [-0.39, 0.29) is 24.6 Å². The molecule has 0 spiro atoms. The monoisotopic (exact) mass is 354 g/mol. The second-order valence-electron chi connectivity index (χ2n) is 6.75. The average Bonchev–Trinajstić information content (AvgIpc) is 3.28. The van der Waals surface area contributed by atoms with Crippen molar-refractivity contribution in [1.82, 2.24) is 20.1 Å². The molecule has 4 rings (SSSR count). The van der Waals surface area contributed by atoms with Crippen LogP contribution in [0.3, 0.4) is 0 Å². The number of rotatable bonds is 5. The maximum Gasteiger partial charge on any atom is 0.355 e. The molecule has 0 bridgehead atoms. The third-order valence-corrected chi connectivity index (χ3v) is 4.90. The fourth-order valence-corrected chi connectivity index (χ4v) is 3.52. The van der Waals surface area contributed by atoms with Crippen LogP contribution in [0.2, 0.25) is 0 Å². The Kier molecular flexibility index (Phi) is 4.62. The summed E-state index contributed by atoms with van der Waals surface area (Å²) in [6, 6.07) is 11.8. The van der Waals surface area contributed by atoms with E-state index < -0.39 is 0 Å². The normalized spacial score (nSPS) is 19.9. The number of H-pyrrole nitrogens is 1. The van der Waals surface area contributed by atoms with Crippen LogP contribution < -0.4 is 5.32 Å². The van der Waals surface area contributed by atoms with Crippen LogP contribution >= 0.6 is 0 Å². The summed E-state index contributed by atoms with van der Waals surface area (Å²) in [6.07, 6.45) is 1.85. The predicted octanol–water partition coefficient (Wildman–Crippen LogP) is 1.58. The third-order valence-electron chi connectivity index (χ3n) is 4.90. The highest BCUT2D eigenvalue weighted by Gasteiger charge is 2.35. The van der Waals surface area contributed by atoms with E-state index >= 15 is 0 Å². The molecule has 1 aromatic heterocycles. The maximum atomic E-state index is 12.2. The van der Waals surface area contributed by atoms with E-state index in [2.05, 4.69) is 15.2 Å². The second-order valence-corrected chi connectivity index (χ2v) is 6.75. The molecular formula is C19H22N4O3. The quantitative estimate of drug-likeness (QED) is 0.799. The number of amides is 2. The van der Waals surface area contributed by atoms with Crippen molar-refractivity contribution in [2.24, 2.45) is 0 Å². The van der Waals surface area contributed by atoms with E-state index in [9.17, 15) is 9.59 Å². The molecule has 2 N–H and O–H groups in total. The number of hydrogen-bond acceptors (Lipinski definition) is 4. The highest BCUT2D eigenvalue weighted by atomic mass is 16.5. The van der Waals surface area contributed by atoms with Crippen LogP contribution in [0.5, 0.6) is 0 Å². The number of fused-ring (bicyclic) bond motifs is 1. The maximum absolute atomic E-state index is 12.2. The van der Waals surface area contributed by atoms with Crippen LogP contribution in [-0.4, -0.2) is 59.0 Å². The first-order valence-corrected chi connectivity index (χ1v) is 8.84. The van der Waals surface area contributed by atoms with E-state index in [4.69, 9.17) is 4.74 Å². The number of aromatic amines is 1. The number of benzene rings is 1. The molecule has 136 valence electrons. The predicted molar refractivity (Wildman–Crippen MR) is 95.5 cm³/mol. The molecular weight excluding hydrogens is 332 g/mol. The van der Waals surface area contributed by atoms with Gasteiger partial charge in [-0.05, 0) is 17.2 Å². The van der Waals surface area contributed by atoms with Crippen molar-refractivity contribution in [1.29, 1.82) is 0 Å². The zero-order valence-electron chi connectivity index (χ0n) is 14.5. The van der Waals surface area contributed by atoms with Crippen LogP contribution in [-0.2, 0) is 17.9 Å². The highest BCUT2D eigenvalue weighted by Crippen LogP contribution is 2.17. The summed E-state index contributed by atoms with van der Waals surface area (Å²) in [7, 11) is 0. The molecule has 3 heterocycles. The van der Waals surface area contributed by atoms with Gasteiger partial charge < -0.3 is 19.9 Å². The van der Waals surface area contributed by atoms with Gasteiger partial charge >= 0.3 is 12.0 Å². The van der Waals surface area contributed by atoms with Crippen LogP contribution in [0.1, 0.15) is 21.6 Å². The number of urea groups is 1. The largest absolute Gasteiger partial charge is 0.456 e. The Labute approximate surface area is 151 Å². The minimum Gasteiger partial charge on any atom is -0.456 e. The molecule has 0 saturated carbocycles. The number of hydrogen-bond donors (Lipinski definition) is 2. The number of nitrogens with one attached hydrogen (secondary N) is 2. The van der Waals surface area contributed by atoms with E-state index in [0.717, 1.165) is 37.3 Å². The summed E-state index contributed by atoms with van der Waals surface area (Å²) in [4.78, 5) is 31.1. The number of aromatic nitrogens is 1. The summed E-state index contributed by atoms with van der Waals surface area (Å²) < 4.78 is 5.35. The topological polar surface area (TPSA) is 77.7 Å². The zero-order chi connectivity index (χ0) is 17.9. The third kappa shape index (κ3) is 3.57. The van der Waals surface area contributed by atoms with E-state index in [1.165, 1.54) is 0 Å². The standard InChI is InChI=1S/C19H22N4O3/c24-18(26-13-14-4-2-1-3-5-14)17-8-15(9-20-17)11-22-6-7-23-16(12-22)10-21-19(23)25/h1-5,8-9,16,20H,6-7,10-13H2,(H,21,25). The minimum absolute atomic E-state index is 0.0414. The Balaban J connectivity index is 1.30. The van der Waals surface area contributed by atoms with Crippen molar-refractivity contribution in [3.05, 3.63) is 59.4 Å². The fraction of sp³-hybridized carbons (Fsp3) is 0.368. The number of ether oxygens (including phenoxy) is 1. The van der Waals surface area contributed by atoms with Crippen molar-refractivity contribution in [2.45, 2.75) is 19.2 Å². The highest BCUT2D eigenvalue weighted by molar-refractivity contribution is 5.87. The van der Waals surface area contributed by atoms with Gasteiger partial charge in [0.05, 0.1) is 6.04 Å². The molecule has 7 heteroatoms. The molecule has 2 aromatic rings.